The Balaban J connectivity index is 1.35. The van der Waals surface area contributed by atoms with Crippen molar-refractivity contribution >= 4 is 17.4 Å². The van der Waals surface area contributed by atoms with Crippen LogP contribution in [0.3, 0.4) is 0 Å². The summed E-state index contributed by atoms with van der Waals surface area (Å²) in [6, 6.07) is 16.7. The number of piperazine rings is 1. The molecule has 5 rings (SSSR count). The zero-order valence-corrected chi connectivity index (χ0v) is 16.2. The number of amides is 1. The predicted molar refractivity (Wildman–Crippen MR) is 109 cm³/mol. The lowest BCUT2D eigenvalue weighted by Gasteiger charge is -2.34. The summed E-state index contributed by atoms with van der Waals surface area (Å²) in [5.41, 5.74) is 7.66. The number of benzene rings is 2. The van der Waals surface area contributed by atoms with Crippen molar-refractivity contribution in [1.29, 1.82) is 0 Å². The van der Waals surface area contributed by atoms with Gasteiger partial charge in [-0.05, 0) is 22.3 Å². The molecule has 2 aromatic carbocycles. The van der Waals surface area contributed by atoms with E-state index in [4.69, 9.17) is 4.74 Å². The summed E-state index contributed by atoms with van der Waals surface area (Å²) in [7, 11) is 0. The van der Waals surface area contributed by atoms with Gasteiger partial charge in [-0.15, -0.1) is 11.3 Å². The predicted octanol–water partition coefficient (Wildman–Crippen LogP) is 4.04. The van der Waals surface area contributed by atoms with Gasteiger partial charge in [-0.2, -0.15) is 0 Å². The summed E-state index contributed by atoms with van der Waals surface area (Å²) >= 11 is 1.55. The maximum Gasteiger partial charge on any atom is 0.410 e. The summed E-state index contributed by atoms with van der Waals surface area (Å²) in [4.78, 5) is 19.1. The third kappa shape index (κ3) is 2.99. The molecule has 0 radical (unpaired) electrons. The summed E-state index contributed by atoms with van der Waals surface area (Å²) in [6.07, 6.45) is -0.263. The van der Waals surface area contributed by atoms with Crippen LogP contribution in [0.5, 0.6) is 0 Å². The van der Waals surface area contributed by atoms with E-state index in [-0.39, 0.29) is 18.1 Å². The Morgan fingerprint density at radius 2 is 1.86 bits per heavy atom. The summed E-state index contributed by atoms with van der Waals surface area (Å²) in [5, 5.41) is 5.35. The lowest BCUT2D eigenvalue weighted by atomic mass is 9.98. The number of carbonyl (C=O) groups is 1. The highest BCUT2D eigenvalue weighted by molar-refractivity contribution is 7.07. The number of thiazole rings is 1. The van der Waals surface area contributed by atoms with Gasteiger partial charge in [0.1, 0.15) is 6.61 Å². The smallest absolute Gasteiger partial charge is 0.410 e. The second-order valence-corrected chi connectivity index (χ2v) is 7.85. The topological polar surface area (TPSA) is 54.5 Å². The van der Waals surface area contributed by atoms with E-state index in [0.717, 1.165) is 12.2 Å². The normalized spacial score (nSPS) is 18.6. The average Bonchev–Trinajstić information content (AvgIpc) is 3.39. The van der Waals surface area contributed by atoms with Gasteiger partial charge < -0.3 is 10.1 Å². The van der Waals surface area contributed by atoms with Crippen molar-refractivity contribution in [1.82, 2.24) is 15.2 Å². The molecule has 1 atom stereocenters. The fraction of sp³-hybridized carbons (Fsp3) is 0.273. The molecule has 0 saturated carbocycles. The van der Waals surface area contributed by atoms with Gasteiger partial charge in [0.15, 0.2) is 0 Å². The molecule has 1 unspecified atom stereocenters. The van der Waals surface area contributed by atoms with Gasteiger partial charge in [0.05, 0.1) is 17.2 Å². The lowest BCUT2D eigenvalue weighted by Crippen LogP contribution is -2.49. The van der Waals surface area contributed by atoms with Crippen LogP contribution >= 0.6 is 11.3 Å². The number of nitrogens with one attached hydrogen (secondary N) is 1. The van der Waals surface area contributed by atoms with Gasteiger partial charge in [-0.1, -0.05) is 48.5 Å². The number of hydrogen-bond acceptors (Lipinski definition) is 5. The third-order valence-corrected chi connectivity index (χ3v) is 6.21. The van der Waals surface area contributed by atoms with Crippen molar-refractivity contribution < 1.29 is 9.53 Å². The van der Waals surface area contributed by atoms with Gasteiger partial charge in [0.25, 0.3) is 0 Å². The third-order valence-electron chi connectivity index (χ3n) is 5.61. The van der Waals surface area contributed by atoms with Crippen molar-refractivity contribution in [3.8, 4) is 11.1 Å². The van der Waals surface area contributed by atoms with E-state index in [0.29, 0.717) is 19.7 Å². The highest BCUT2D eigenvalue weighted by atomic mass is 32.1. The molecule has 1 aromatic heterocycles. The summed E-state index contributed by atoms with van der Waals surface area (Å²) < 4.78 is 5.84. The molecule has 142 valence electrons. The van der Waals surface area contributed by atoms with Gasteiger partial charge in [-0.3, -0.25) is 4.90 Å². The van der Waals surface area contributed by atoms with Crippen LogP contribution in [-0.2, 0) is 4.74 Å². The maximum atomic E-state index is 12.9. The van der Waals surface area contributed by atoms with Crippen molar-refractivity contribution in [3.63, 3.8) is 0 Å². The molecule has 6 heteroatoms. The zero-order valence-electron chi connectivity index (χ0n) is 15.4. The summed E-state index contributed by atoms with van der Waals surface area (Å²) in [5.74, 6) is 0.0805. The molecule has 1 amide bonds. The quantitative estimate of drug-likeness (QED) is 0.732. The number of rotatable bonds is 3. The molecule has 0 bridgehead atoms. The molecule has 2 heterocycles. The molecule has 3 aromatic rings. The van der Waals surface area contributed by atoms with E-state index in [9.17, 15) is 4.79 Å². The van der Waals surface area contributed by atoms with E-state index in [1.807, 2.05) is 17.5 Å². The Labute approximate surface area is 168 Å². The largest absolute Gasteiger partial charge is 0.448 e. The van der Waals surface area contributed by atoms with E-state index < -0.39 is 0 Å². The highest BCUT2D eigenvalue weighted by Crippen LogP contribution is 2.44. The number of carbonyl (C=O) groups excluding carboxylic acids is 1. The van der Waals surface area contributed by atoms with Crippen molar-refractivity contribution in [2.75, 3.05) is 26.2 Å². The van der Waals surface area contributed by atoms with Gasteiger partial charge >= 0.3 is 6.09 Å². The monoisotopic (exact) mass is 391 g/mol. The number of ether oxygens (including phenoxy) is 1. The Kier molecular flexibility index (Phi) is 4.58. The maximum absolute atomic E-state index is 12.9. The van der Waals surface area contributed by atoms with Crippen molar-refractivity contribution in [3.05, 3.63) is 76.2 Å². The Morgan fingerprint density at radius 3 is 2.54 bits per heavy atom. The molecule has 5 nitrogen and oxygen atoms in total. The molecule has 1 aliphatic heterocycles. The SMILES string of the molecule is O=C(OCC1c2ccccc2-c2ccccc21)N1CCNCC1c1cscn1. The van der Waals surface area contributed by atoms with Crippen LogP contribution in [0, 0.1) is 0 Å². The fourth-order valence-electron chi connectivity index (χ4n) is 4.25. The molecule has 1 fully saturated rings. The number of fused-ring (bicyclic) bond motifs is 3. The lowest BCUT2D eigenvalue weighted by molar-refractivity contribution is 0.0744. The highest BCUT2D eigenvalue weighted by Gasteiger charge is 2.33. The van der Waals surface area contributed by atoms with Crippen LogP contribution in [-0.4, -0.2) is 42.2 Å². The van der Waals surface area contributed by atoms with E-state index in [2.05, 4.69) is 46.7 Å². The molecule has 2 aliphatic rings. The average molecular weight is 391 g/mol. The minimum absolute atomic E-state index is 0.0735. The molecular formula is C22H21N3O2S. The number of nitrogens with zero attached hydrogens (tertiary/aromatic N) is 2. The van der Waals surface area contributed by atoms with Crippen molar-refractivity contribution in [2.24, 2.45) is 0 Å². The van der Waals surface area contributed by atoms with Crippen molar-refractivity contribution in [2.45, 2.75) is 12.0 Å². The van der Waals surface area contributed by atoms with E-state index in [1.54, 1.807) is 21.7 Å². The second kappa shape index (κ2) is 7.37. The van der Waals surface area contributed by atoms with Crippen LogP contribution in [0.2, 0.25) is 0 Å². The molecule has 1 N–H and O–H groups in total. The molecular weight excluding hydrogens is 370 g/mol. The van der Waals surface area contributed by atoms with Gasteiger partial charge in [-0.25, -0.2) is 9.78 Å². The molecule has 28 heavy (non-hydrogen) atoms. The molecule has 1 saturated heterocycles. The Morgan fingerprint density at radius 1 is 1.14 bits per heavy atom. The first-order valence-corrected chi connectivity index (χ1v) is 10.5. The first-order valence-electron chi connectivity index (χ1n) is 9.53. The standard InChI is InChI=1S/C22H21N3O2S/c26-22(25-10-9-23-11-21(25)20-13-28-14-24-20)27-12-19-17-7-3-1-5-15(17)16-6-2-4-8-18(16)19/h1-8,13-14,19,21,23H,9-12H2. The number of aromatic nitrogens is 1. The van der Waals surface area contributed by atoms with Crippen LogP contribution in [0.15, 0.2) is 59.4 Å². The minimum atomic E-state index is -0.263. The van der Waals surface area contributed by atoms with Gasteiger partial charge in [0, 0.05) is 30.9 Å². The van der Waals surface area contributed by atoms with Crippen LogP contribution in [0.25, 0.3) is 11.1 Å². The summed E-state index contributed by atoms with van der Waals surface area (Å²) in [6.45, 7) is 2.44. The zero-order chi connectivity index (χ0) is 18.9. The number of hydrogen-bond donors (Lipinski definition) is 1. The first-order chi connectivity index (χ1) is 13.8. The fourth-order valence-corrected chi connectivity index (χ4v) is 4.85. The Hall–Kier alpha value is -2.70. The van der Waals surface area contributed by atoms with Crippen LogP contribution in [0.1, 0.15) is 28.8 Å². The van der Waals surface area contributed by atoms with Crippen LogP contribution < -0.4 is 5.32 Å². The molecule has 1 aliphatic carbocycles. The first kappa shape index (κ1) is 17.4. The minimum Gasteiger partial charge on any atom is -0.448 e. The van der Waals surface area contributed by atoms with Crippen LogP contribution in [0.4, 0.5) is 4.79 Å². The van der Waals surface area contributed by atoms with E-state index >= 15 is 0 Å². The second-order valence-electron chi connectivity index (χ2n) is 7.13. The van der Waals surface area contributed by atoms with Gasteiger partial charge in [0.2, 0.25) is 0 Å². The van der Waals surface area contributed by atoms with E-state index in [1.165, 1.54) is 22.3 Å². The Bertz CT molecular complexity index is 943. The molecule has 0 spiro atoms.